The molecule has 2 aromatic carbocycles. The van der Waals surface area contributed by atoms with Crippen LogP contribution in [0.25, 0.3) is 11.6 Å². The molecule has 33 heavy (non-hydrogen) atoms. The van der Waals surface area contributed by atoms with Crippen LogP contribution in [0.1, 0.15) is 38.8 Å². The van der Waals surface area contributed by atoms with Crippen LogP contribution < -0.4 is 5.32 Å². The van der Waals surface area contributed by atoms with Gasteiger partial charge in [-0.2, -0.15) is 0 Å². The number of hydrogen-bond acceptors (Lipinski definition) is 7. The zero-order chi connectivity index (χ0) is 22.9. The molecule has 9 heteroatoms. The Morgan fingerprint density at radius 2 is 1.73 bits per heavy atom. The Bertz CT molecular complexity index is 1390. The highest BCUT2D eigenvalue weighted by atomic mass is 32.2. The summed E-state index contributed by atoms with van der Waals surface area (Å²) in [6.45, 7) is 2.56. The van der Waals surface area contributed by atoms with E-state index in [0.717, 1.165) is 0 Å². The minimum atomic E-state index is -0.322. The third-order valence-electron chi connectivity index (χ3n) is 5.33. The van der Waals surface area contributed by atoms with Crippen molar-refractivity contribution in [2.75, 3.05) is 11.1 Å². The molecule has 0 saturated heterocycles. The Kier molecular flexibility index (Phi) is 5.39. The number of aromatic nitrogens is 3. The number of amides is 1. The third-order valence-corrected chi connectivity index (χ3v) is 6.30. The summed E-state index contributed by atoms with van der Waals surface area (Å²) in [7, 11) is 0. The Morgan fingerprint density at radius 1 is 0.970 bits per heavy atom. The highest BCUT2D eigenvalue weighted by molar-refractivity contribution is 7.99. The van der Waals surface area contributed by atoms with E-state index in [-0.39, 0.29) is 34.4 Å². The van der Waals surface area contributed by atoms with E-state index < -0.39 is 0 Å². The van der Waals surface area contributed by atoms with E-state index in [4.69, 9.17) is 4.42 Å². The molecule has 1 amide bonds. The number of thioether (sulfide) groups is 1. The second kappa shape index (κ2) is 8.51. The van der Waals surface area contributed by atoms with E-state index in [1.807, 2.05) is 11.5 Å². The molecule has 164 valence electrons. The quantitative estimate of drug-likeness (QED) is 0.382. The average Bonchev–Trinajstić information content (AvgIpc) is 3.50. The van der Waals surface area contributed by atoms with E-state index in [2.05, 4.69) is 15.5 Å². The van der Waals surface area contributed by atoms with Crippen molar-refractivity contribution in [1.29, 1.82) is 0 Å². The van der Waals surface area contributed by atoms with E-state index >= 15 is 0 Å². The maximum atomic E-state index is 13.1. The van der Waals surface area contributed by atoms with Crippen LogP contribution in [0.4, 0.5) is 5.69 Å². The highest BCUT2D eigenvalue weighted by Crippen LogP contribution is 2.32. The number of anilines is 1. The molecule has 5 rings (SSSR count). The number of ketones is 2. The first kappa shape index (κ1) is 20.9. The summed E-state index contributed by atoms with van der Waals surface area (Å²) in [5.74, 6) is 0.409. The number of benzene rings is 2. The van der Waals surface area contributed by atoms with Gasteiger partial charge in [0.25, 0.3) is 0 Å². The lowest BCUT2D eigenvalue weighted by atomic mass is 9.83. The summed E-state index contributed by atoms with van der Waals surface area (Å²) >= 11 is 1.23. The van der Waals surface area contributed by atoms with Gasteiger partial charge in [0.2, 0.25) is 5.91 Å². The SMILES string of the molecule is CCn1c(SCC(=O)Nc2cccc3c2C(=O)c2ccccc2C3=O)nnc1-c1ccco1. The van der Waals surface area contributed by atoms with Crippen LogP contribution >= 0.6 is 11.8 Å². The first-order valence-corrected chi connectivity index (χ1v) is 11.3. The fraction of sp³-hybridized carbons (Fsp3) is 0.125. The van der Waals surface area contributed by atoms with Gasteiger partial charge in [-0.1, -0.05) is 48.2 Å². The van der Waals surface area contributed by atoms with Gasteiger partial charge in [0.15, 0.2) is 28.3 Å². The van der Waals surface area contributed by atoms with Gasteiger partial charge in [0.05, 0.1) is 23.3 Å². The number of furan rings is 1. The minimum Gasteiger partial charge on any atom is -0.461 e. The highest BCUT2D eigenvalue weighted by Gasteiger charge is 2.31. The molecule has 0 bridgehead atoms. The van der Waals surface area contributed by atoms with Crippen molar-refractivity contribution in [3.63, 3.8) is 0 Å². The largest absolute Gasteiger partial charge is 0.461 e. The van der Waals surface area contributed by atoms with Crippen LogP contribution in [0.15, 0.2) is 70.4 Å². The average molecular weight is 458 g/mol. The summed E-state index contributed by atoms with van der Waals surface area (Å²) in [6.07, 6.45) is 1.56. The van der Waals surface area contributed by atoms with Gasteiger partial charge in [0.1, 0.15) is 0 Å². The van der Waals surface area contributed by atoms with E-state index in [0.29, 0.717) is 40.1 Å². The monoisotopic (exact) mass is 458 g/mol. The number of rotatable bonds is 6. The predicted octanol–water partition coefficient (Wildman–Crippen LogP) is 4.06. The Hall–Kier alpha value is -3.98. The molecule has 1 aliphatic carbocycles. The Balaban J connectivity index is 1.35. The third kappa shape index (κ3) is 3.66. The maximum Gasteiger partial charge on any atom is 0.234 e. The van der Waals surface area contributed by atoms with E-state index in [1.165, 1.54) is 11.8 Å². The van der Waals surface area contributed by atoms with Crippen molar-refractivity contribution < 1.29 is 18.8 Å². The van der Waals surface area contributed by atoms with E-state index in [9.17, 15) is 14.4 Å². The minimum absolute atomic E-state index is 0.0542. The van der Waals surface area contributed by atoms with Gasteiger partial charge < -0.3 is 9.73 Å². The Morgan fingerprint density at radius 3 is 2.45 bits per heavy atom. The lowest BCUT2D eigenvalue weighted by Crippen LogP contribution is -2.24. The smallest absolute Gasteiger partial charge is 0.234 e. The van der Waals surface area contributed by atoms with Crippen LogP contribution in [0, 0.1) is 0 Å². The van der Waals surface area contributed by atoms with Crippen LogP contribution in [0.2, 0.25) is 0 Å². The maximum absolute atomic E-state index is 13.1. The standard InChI is InChI=1S/C24H18N4O4S/c1-2-28-23(18-11-6-12-32-18)26-27-24(28)33-13-19(29)25-17-10-5-9-16-20(17)22(31)15-8-4-3-7-14(15)21(16)30/h3-12H,2,13H2,1H3,(H,25,29). The fourth-order valence-corrected chi connectivity index (χ4v) is 4.64. The summed E-state index contributed by atoms with van der Waals surface area (Å²) in [5.41, 5.74) is 1.54. The molecule has 2 heterocycles. The molecular formula is C24H18N4O4S. The van der Waals surface area contributed by atoms with Crippen molar-refractivity contribution in [3.05, 3.63) is 83.1 Å². The molecule has 1 N–H and O–H groups in total. The molecule has 0 saturated carbocycles. The van der Waals surface area contributed by atoms with Crippen molar-refractivity contribution in [2.45, 2.75) is 18.6 Å². The molecular weight excluding hydrogens is 440 g/mol. The first-order valence-electron chi connectivity index (χ1n) is 10.3. The van der Waals surface area contributed by atoms with Crippen molar-refractivity contribution in [3.8, 4) is 11.6 Å². The van der Waals surface area contributed by atoms with Crippen LogP contribution in [-0.4, -0.2) is 38.0 Å². The number of fused-ring (bicyclic) bond motifs is 2. The van der Waals surface area contributed by atoms with Crippen molar-refractivity contribution >= 4 is 34.9 Å². The normalized spacial score (nSPS) is 12.4. The van der Waals surface area contributed by atoms with Gasteiger partial charge in [-0.25, -0.2) is 0 Å². The zero-order valence-corrected chi connectivity index (χ0v) is 18.4. The van der Waals surface area contributed by atoms with Gasteiger partial charge in [-0.05, 0) is 25.1 Å². The molecule has 8 nitrogen and oxygen atoms in total. The topological polar surface area (TPSA) is 107 Å². The lowest BCUT2D eigenvalue weighted by molar-refractivity contribution is -0.113. The molecule has 0 radical (unpaired) electrons. The molecule has 0 fully saturated rings. The molecule has 0 spiro atoms. The molecule has 4 aromatic rings. The summed E-state index contributed by atoms with van der Waals surface area (Å²) in [5, 5.41) is 11.7. The lowest BCUT2D eigenvalue weighted by Gasteiger charge is -2.20. The van der Waals surface area contributed by atoms with E-state index in [1.54, 1.807) is 60.9 Å². The van der Waals surface area contributed by atoms with Crippen LogP contribution in [-0.2, 0) is 11.3 Å². The van der Waals surface area contributed by atoms with Crippen LogP contribution in [0.5, 0.6) is 0 Å². The first-order chi connectivity index (χ1) is 16.1. The van der Waals surface area contributed by atoms with Crippen molar-refractivity contribution in [1.82, 2.24) is 14.8 Å². The molecule has 2 aromatic heterocycles. The summed E-state index contributed by atoms with van der Waals surface area (Å²) in [6, 6.07) is 15.2. The van der Waals surface area contributed by atoms with Crippen LogP contribution in [0.3, 0.4) is 0 Å². The molecule has 1 aliphatic rings. The summed E-state index contributed by atoms with van der Waals surface area (Å²) in [4.78, 5) is 38.7. The second-order valence-corrected chi connectivity index (χ2v) is 8.24. The Labute approximate surface area is 193 Å². The second-order valence-electron chi connectivity index (χ2n) is 7.30. The number of nitrogens with zero attached hydrogens (tertiary/aromatic N) is 3. The summed E-state index contributed by atoms with van der Waals surface area (Å²) < 4.78 is 7.27. The molecule has 0 unspecified atom stereocenters. The van der Waals surface area contributed by atoms with Crippen molar-refractivity contribution in [2.24, 2.45) is 0 Å². The number of carbonyl (C=O) groups excluding carboxylic acids is 3. The number of nitrogens with one attached hydrogen (secondary N) is 1. The van der Waals surface area contributed by atoms with Gasteiger partial charge >= 0.3 is 0 Å². The van der Waals surface area contributed by atoms with Gasteiger partial charge in [-0.3, -0.25) is 19.0 Å². The number of hydrogen-bond donors (Lipinski definition) is 1. The molecule has 0 aliphatic heterocycles. The van der Waals surface area contributed by atoms with Gasteiger partial charge in [-0.15, -0.1) is 10.2 Å². The zero-order valence-electron chi connectivity index (χ0n) is 17.6. The predicted molar refractivity (Wildman–Crippen MR) is 123 cm³/mol. The molecule has 0 atom stereocenters. The fourth-order valence-electron chi connectivity index (χ4n) is 3.83. The number of carbonyl (C=O) groups is 3. The van der Waals surface area contributed by atoms with Gasteiger partial charge in [0, 0.05) is 23.2 Å².